The molecule has 5 nitrogen and oxygen atoms in total. The summed E-state index contributed by atoms with van der Waals surface area (Å²) in [5, 5.41) is 18.1. The van der Waals surface area contributed by atoms with Crippen LogP contribution < -0.4 is 10.6 Å². The molecular formula is C12H18N2O3S. The first-order valence-corrected chi connectivity index (χ1v) is 6.74. The number of aliphatic carboxylic acids is 1. The van der Waals surface area contributed by atoms with Crippen LogP contribution in [-0.4, -0.2) is 23.7 Å². The number of nitrogens with one attached hydrogen (secondary N) is 2. The van der Waals surface area contributed by atoms with Crippen LogP contribution in [0.15, 0.2) is 16.8 Å². The van der Waals surface area contributed by atoms with Crippen molar-refractivity contribution in [3.8, 4) is 0 Å². The lowest BCUT2D eigenvalue weighted by molar-refractivity contribution is -0.141. The highest BCUT2D eigenvalue weighted by atomic mass is 32.1. The van der Waals surface area contributed by atoms with Gasteiger partial charge in [0.1, 0.15) is 0 Å². The zero-order valence-electron chi connectivity index (χ0n) is 10.5. The van der Waals surface area contributed by atoms with Crippen molar-refractivity contribution in [1.29, 1.82) is 0 Å². The van der Waals surface area contributed by atoms with Crippen molar-refractivity contribution >= 4 is 23.3 Å². The third-order valence-electron chi connectivity index (χ3n) is 2.68. The second-order valence-electron chi connectivity index (χ2n) is 4.21. The van der Waals surface area contributed by atoms with E-state index in [0.29, 0.717) is 13.0 Å². The molecule has 6 heteroatoms. The van der Waals surface area contributed by atoms with E-state index in [2.05, 4.69) is 10.6 Å². The summed E-state index contributed by atoms with van der Waals surface area (Å²) in [7, 11) is 0. The quantitative estimate of drug-likeness (QED) is 0.741. The Morgan fingerprint density at radius 1 is 1.44 bits per heavy atom. The molecular weight excluding hydrogens is 252 g/mol. The summed E-state index contributed by atoms with van der Waals surface area (Å²) in [6.45, 7) is 3.88. The summed E-state index contributed by atoms with van der Waals surface area (Å²) < 4.78 is 0. The number of rotatable bonds is 6. The summed E-state index contributed by atoms with van der Waals surface area (Å²) >= 11 is 1.58. The number of urea groups is 1. The molecule has 0 saturated carbocycles. The Bertz CT molecular complexity index is 392. The maximum Gasteiger partial charge on any atom is 0.315 e. The van der Waals surface area contributed by atoms with Crippen LogP contribution in [-0.2, 0) is 4.79 Å². The molecule has 2 amide bonds. The van der Waals surface area contributed by atoms with Gasteiger partial charge in [-0.1, -0.05) is 6.92 Å². The van der Waals surface area contributed by atoms with Gasteiger partial charge in [0, 0.05) is 6.54 Å². The molecule has 2 atom stereocenters. The number of carboxylic acid groups (broad SMARTS) is 1. The minimum Gasteiger partial charge on any atom is -0.481 e. The Morgan fingerprint density at radius 3 is 2.72 bits per heavy atom. The Morgan fingerprint density at radius 2 is 2.17 bits per heavy atom. The standard InChI is InChI=1S/C12H18N2O3S/c1-8(11(15)16)3-5-13-12(17)14-9(2)10-4-6-18-7-10/h4,6-9H,3,5H2,1-2H3,(H,15,16)(H2,13,14,17). The monoisotopic (exact) mass is 270 g/mol. The van der Waals surface area contributed by atoms with Crippen LogP contribution in [0, 0.1) is 5.92 Å². The highest BCUT2D eigenvalue weighted by Gasteiger charge is 2.12. The predicted octanol–water partition coefficient (Wildman–Crippen LogP) is 2.22. The Hall–Kier alpha value is -1.56. The highest BCUT2D eigenvalue weighted by Crippen LogP contribution is 2.15. The molecule has 0 aromatic carbocycles. The fourth-order valence-corrected chi connectivity index (χ4v) is 2.13. The highest BCUT2D eigenvalue weighted by molar-refractivity contribution is 7.07. The van der Waals surface area contributed by atoms with E-state index in [4.69, 9.17) is 5.11 Å². The van der Waals surface area contributed by atoms with Crippen LogP contribution in [0.5, 0.6) is 0 Å². The fraction of sp³-hybridized carbons (Fsp3) is 0.500. The van der Waals surface area contributed by atoms with Crippen molar-refractivity contribution in [2.24, 2.45) is 5.92 Å². The van der Waals surface area contributed by atoms with E-state index in [1.807, 2.05) is 23.8 Å². The van der Waals surface area contributed by atoms with Crippen molar-refractivity contribution in [2.45, 2.75) is 26.3 Å². The Kier molecular flexibility index (Phi) is 5.64. The van der Waals surface area contributed by atoms with Gasteiger partial charge in [0.15, 0.2) is 0 Å². The molecule has 0 aliphatic heterocycles. The molecule has 18 heavy (non-hydrogen) atoms. The van der Waals surface area contributed by atoms with Crippen molar-refractivity contribution < 1.29 is 14.7 Å². The molecule has 1 heterocycles. The summed E-state index contributed by atoms with van der Waals surface area (Å²) in [6.07, 6.45) is 0.426. The second kappa shape index (κ2) is 7.00. The van der Waals surface area contributed by atoms with Gasteiger partial charge < -0.3 is 15.7 Å². The van der Waals surface area contributed by atoms with E-state index in [1.54, 1.807) is 18.3 Å². The number of carboxylic acids is 1. The summed E-state index contributed by atoms with van der Waals surface area (Å²) in [4.78, 5) is 22.1. The molecule has 0 saturated heterocycles. The molecule has 0 aliphatic rings. The Labute approximate surface area is 110 Å². The minimum absolute atomic E-state index is 0.0480. The van der Waals surface area contributed by atoms with Crippen LogP contribution in [0.4, 0.5) is 4.79 Å². The van der Waals surface area contributed by atoms with Gasteiger partial charge in [-0.15, -0.1) is 0 Å². The molecule has 2 unspecified atom stereocenters. The van der Waals surface area contributed by atoms with Crippen LogP contribution in [0.25, 0.3) is 0 Å². The lowest BCUT2D eigenvalue weighted by atomic mass is 10.1. The molecule has 1 aromatic heterocycles. The van der Waals surface area contributed by atoms with Gasteiger partial charge in [-0.2, -0.15) is 11.3 Å². The van der Waals surface area contributed by atoms with E-state index < -0.39 is 11.9 Å². The lowest BCUT2D eigenvalue weighted by Gasteiger charge is -2.14. The predicted molar refractivity (Wildman–Crippen MR) is 70.7 cm³/mol. The van der Waals surface area contributed by atoms with Gasteiger partial charge in [0.25, 0.3) is 0 Å². The van der Waals surface area contributed by atoms with Crippen molar-refractivity contribution in [3.63, 3.8) is 0 Å². The van der Waals surface area contributed by atoms with Gasteiger partial charge in [-0.25, -0.2) is 4.79 Å². The summed E-state index contributed by atoms with van der Waals surface area (Å²) in [6, 6.07) is 1.64. The molecule has 0 fully saturated rings. The molecule has 1 aromatic rings. The van der Waals surface area contributed by atoms with E-state index >= 15 is 0 Å². The smallest absolute Gasteiger partial charge is 0.315 e. The van der Waals surface area contributed by atoms with Gasteiger partial charge in [0.2, 0.25) is 0 Å². The topological polar surface area (TPSA) is 78.4 Å². The lowest BCUT2D eigenvalue weighted by Crippen LogP contribution is -2.38. The van der Waals surface area contributed by atoms with Gasteiger partial charge in [0.05, 0.1) is 12.0 Å². The van der Waals surface area contributed by atoms with E-state index in [1.165, 1.54) is 0 Å². The number of hydrogen-bond acceptors (Lipinski definition) is 3. The molecule has 1 rings (SSSR count). The van der Waals surface area contributed by atoms with Gasteiger partial charge in [-0.3, -0.25) is 4.79 Å². The van der Waals surface area contributed by atoms with Crippen LogP contribution in [0.3, 0.4) is 0 Å². The van der Waals surface area contributed by atoms with Crippen molar-refractivity contribution in [1.82, 2.24) is 10.6 Å². The zero-order valence-corrected chi connectivity index (χ0v) is 11.3. The Balaban J connectivity index is 2.24. The largest absolute Gasteiger partial charge is 0.481 e. The number of amides is 2. The third-order valence-corrected chi connectivity index (χ3v) is 3.38. The molecule has 0 spiro atoms. The number of thiophene rings is 1. The molecule has 0 aliphatic carbocycles. The summed E-state index contributed by atoms with van der Waals surface area (Å²) in [5.41, 5.74) is 1.06. The first-order valence-electron chi connectivity index (χ1n) is 5.80. The first kappa shape index (κ1) is 14.5. The van der Waals surface area contributed by atoms with E-state index in [0.717, 1.165) is 5.56 Å². The van der Waals surface area contributed by atoms with Crippen LogP contribution in [0.1, 0.15) is 31.9 Å². The van der Waals surface area contributed by atoms with Gasteiger partial charge >= 0.3 is 12.0 Å². The van der Waals surface area contributed by atoms with Gasteiger partial charge in [-0.05, 0) is 35.7 Å². The zero-order chi connectivity index (χ0) is 13.5. The maximum atomic E-state index is 11.5. The summed E-state index contributed by atoms with van der Waals surface area (Å²) in [5.74, 6) is -1.29. The fourth-order valence-electron chi connectivity index (χ4n) is 1.38. The van der Waals surface area contributed by atoms with Crippen LogP contribution in [0.2, 0.25) is 0 Å². The number of carbonyl (C=O) groups excluding carboxylic acids is 1. The van der Waals surface area contributed by atoms with E-state index in [-0.39, 0.29) is 12.1 Å². The normalized spacial score (nSPS) is 13.7. The molecule has 100 valence electrons. The molecule has 0 radical (unpaired) electrons. The number of carbonyl (C=O) groups is 2. The van der Waals surface area contributed by atoms with E-state index in [9.17, 15) is 9.59 Å². The molecule has 0 bridgehead atoms. The average Bonchev–Trinajstić information content (AvgIpc) is 2.81. The van der Waals surface area contributed by atoms with Crippen LogP contribution >= 0.6 is 11.3 Å². The minimum atomic E-state index is -0.844. The number of hydrogen-bond donors (Lipinski definition) is 3. The SMILES string of the molecule is CC(CCNC(=O)NC(C)c1ccsc1)C(=O)O. The van der Waals surface area contributed by atoms with Crippen molar-refractivity contribution in [2.75, 3.05) is 6.54 Å². The van der Waals surface area contributed by atoms with Crippen molar-refractivity contribution in [3.05, 3.63) is 22.4 Å². The third kappa shape index (κ3) is 4.75. The second-order valence-corrected chi connectivity index (χ2v) is 4.99. The first-order chi connectivity index (χ1) is 8.50. The molecule has 3 N–H and O–H groups in total. The maximum absolute atomic E-state index is 11.5. The average molecular weight is 270 g/mol.